The van der Waals surface area contributed by atoms with Gasteiger partial charge in [-0.25, -0.2) is 4.99 Å². The molecule has 7 aromatic carbocycles. The molecule has 0 aliphatic carbocycles. The quantitative estimate of drug-likeness (QED) is 0.205. The number of fused-ring (bicyclic) bond motifs is 4. The first-order valence-corrected chi connectivity index (χ1v) is 16.0. The van der Waals surface area contributed by atoms with Gasteiger partial charge in [0, 0.05) is 27.5 Å². The lowest BCUT2D eigenvalue weighted by Gasteiger charge is -2.32. The second kappa shape index (κ2) is 11.4. The van der Waals surface area contributed by atoms with Crippen LogP contribution in [0.25, 0.3) is 55.0 Å². The lowest BCUT2D eigenvalue weighted by atomic mass is 9.95. The highest BCUT2D eigenvalue weighted by atomic mass is 16.3. The molecule has 224 valence electrons. The largest absolute Gasteiger partial charge is 0.455 e. The van der Waals surface area contributed by atoms with Crippen molar-refractivity contribution in [2.24, 2.45) is 4.99 Å². The molecule has 2 N–H and O–H groups in total. The number of nitrogens with zero attached hydrogens (tertiary/aromatic N) is 1. The zero-order valence-electron chi connectivity index (χ0n) is 25.6. The summed E-state index contributed by atoms with van der Waals surface area (Å²) in [5.41, 5.74) is 9.61. The summed E-state index contributed by atoms with van der Waals surface area (Å²) in [4.78, 5) is 5.20. The molecule has 4 nitrogen and oxygen atoms in total. The zero-order valence-corrected chi connectivity index (χ0v) is 25.6. The van der Waals surface area contributed by atoms with Gasteiger partial charge in [-0.3, -0.25) is 5.32 Å². The van der Waals surface area contributed by atoms with Crippen molar-refractivity contribution >= 4 is 38.5 Å². The Morgan fingerprint density at radius 3 is 2.02 bits per heavy atom. The van der Waals surface area contributed by atoms with Crippen LogP contribution in [0.15, 0.2) is 173 Å². The summed E-state index contributed by atoms with van der Waals surface area (Å²) in [7, 11) is 0. The molecule has 0 saturated carbocycles. The maximum atomic E-state index is 6.67. The Balaban J connectivity index is 1.18. The minimum Gasteiger partial charge on any atom is -0.455 e. The third-order valence-electron chi connectivity index (χ3n) is 9.17. The number of para-hydroxylation sites is 1. The van der Waals surface area contributed by atoms with Crippen molar-refractivity contribution in [3.05, 3.63) is 180 Å². The molecule has 9 rings (SSSR count). The highest BCUT2D eigenvalue weighted by molar-refractivity contribution is 6.12. The topological polar surface area (TPSA) is 49.6 Å². The van der Waals surface area contributed by atoms with Gasteiger partial charge in [0.05, 0.1) is 0 Å². The van der Waals surface area contributed by atoms with Gasteiger partial charge in [-0.1, -0.05) is 152 Å². The Morgan fingerprint density at radius 2 is 1.19 bits per heavy atom. The van der Waals surface area contributed by atoms with Gasteiger partial charge in [0.15, 0.2) is 0 Å². The molecule has 2 unspecified atom stereocenters. The number of furan rings is 1. The van der Waals surface area contributed by atoms with Gasteiger partial charge < -0.3 is 9.73 Å². The van der Waals surface area contributed by atoms with Gasteiger partial charge in [-0.15, -0.1) is 0 Å². The molecule has 0 fully saturated rings. The van der Waals surface area contributed by atoms with Crippen molar-refractivity contribution in [1.82, 2.24) is 10.6 Å². The summed E-state index contributed by atoms with van der Waals surface area (Å²) in [6.45, 7) is 0. The fraction of sp³-hybridized carbons (Fsp3) is 0.0465. The van der Waals surface area contributed by atoms with Crippen molar-refractivity contribution in [3.63, 3.8) is 0 Å². The van der Waals surface area contributed by atoms with Crippen molar-refractivity contribution in [3.8, 4) is 22.3 Å². The highest BCUT2D eigenvalue weighted by Crippen LogP contribution is 2.41. The van der Waals surface area contributed by atoms with Gasteiger partial charge in [0.1, 0.15) is 29.3 Å². The third kappa shape index (κ3) is 4.96. The summed E-state index contributed by atoms with van der Waals surface area (Å²) < 4.78 is 6.67. The Kier molecular flexibility index (Phi) is 6.65. The van der Waals surface area contributed by atoms with E-state index in [1.54, 1.807) is 0 Å². The third-order valence-corrected chi connectivity index (χ3v) is 9.17. The Morgan fingerprint density at radius 1 is 0.532 bits per heavy atom. The minimum atomic E-state index is -0.234. The maximum absolute atomic E-state index is 6.67. The van der Waals surface area contributed by atoms with E-state index in [2.05, 4.69) is 156 Å². The van der Waals surface area contributed by atoms with E-state index < -0.39 is 0 Å². The summed E-state index contributed by atoms with van der Waals surface area (Å²) in [6.07, 6.45) is -0.459. The molecule has 1 aliphatic heterocycles. The lowest BCUT2D eigenvalue weighted by molar-refractivity contribution is 0.411. The van der Waals surface area contributed by atoms with Gasteiger partial charge in [-0.2, -0.15) is 0 Å². The predicted octanol–water partition coefficient (Wildman–Crippen LogP) is 10.4. The maximum Gasteiger partial charge on any atom is 0.143 e. The van der Waals surface area contributed by atoms with Crippen LogP contribution >= 0.6 is 0 Å². The van der Waals surface area contributed by atoms with Crippen molar-refractivity contribution < 1.29 is 4.42 Å². The van der Waals surface area contributed by atoms with Gasteiger partial charge >= 0.3 is 0 Å². The summed E-state index contributed by atoms with van der Waals surface area (Å²) in [6, 6.07) is 57.4. The van der Waals surface area contributed by atoms with Crippen LogP contribution in [0.3, 0.4) is 0 Å². The second-order valence-electron chi connectivity index (χ2n) is 12.0. The van der Waals surface area contributed by atoms with E-state index in [-0.39, 0.29) is 12.3 Å². The standard InChI is InChI=1S/C43H31N3O/c1-3-11-28(12-4-1)30-19-22-31(23-20-30)35-25-26-37(39-36-17-9-10-18-38(36)47-40(35)39)43-45-41(32-14-5-2-6-15-32)44-42(46-43)34-24-21-29-13-7-8-16-33(29)27-34/h1-27,41,43,45H,(H,44,46). The summed E-state index contributed by atoms with van der Waals surface area (Å²) in [5.74, 6) is 0.856. The molecule has 1 aliphatic rings. The van der Waals surface area contributed by atoms with E-state index in [4.69, 9.17) is 9.41 Å². The Labute approximate surface area is 273 Å². The van der Waals surface area contributed by atoms with Gasteiger partial charge in [-0.05, 0) is 45.2 Å². The first kappa shape index (κ1) is 27.3. The molecule has 0 spiro atoms. The van der Waals surface area contributed by atoms with Crippen molar-refractivity contribution in [2.75, 3.05) is 0 Å². The van der Waals surface area contributed by atoms with Crippen LogP contribution in [0.1, 0.15) is 29.0 Å². The van der Waals surface area contributed by atoms with E-state index in [1.807, 2.05) is 18.2 Å². The molecule has 0 radical (unpaired) electrons. The average molecular weight is 606 g/mol. The van der Waals surface area contributed by atoms with E-state index >= 15 is 0 Å². The number of hydrogen-bond donors (Lipinski definition) is 2. The number of rotatable bonds is 5. The predicted molar refractivity (Wildman–Crippen MR) is 193 cm³/mol. The van der Waals surface area contributed by atoms with E-state index in [0.717, 1.165) is 55.6 Å². The molecule has 1 aromatic heterocycles. The Hall–Kier alpha value is -5.97. The van der Waals surface area contributed by atoms with Gasteiger partial charge in [0.25, 0.3) is 0 Å². The molecule has 0 bridgehead atoms. The number of nitrogens with one attached hydrogen (secondary N) is 2. The first-order chi connectivity index (χ1) is 23.3. The highest BCUT2D eigenvalue weighted by Gasteiger charge is 2.28. The molecule has 8 aromatic rings. The molecule has 2 atom stereocenters. The fourth-order valence-electron chi connectivity index (χ4n) is 6.80. The average Bonchev–Trinajstić information content (AvgIpc) is 3.55. The fourth-order valence-corrected chi connectivity index (χ4v) is 6.80. The van der Waals surface area contributed by atoms with Crippen molar-refractivity contribution in [1.29, 1.82) is 0 Å². The number of aliphatic imine (C=N–C) groups is 1. The van der Waals surface area contributed by atoms with E-state index in [1.165, 1.54) is 21.9 Å². The van der Waals surface area contributed by atoms with Crippen LogP contribution in [0, 0.1) is 0 Å². The van der Waals surface area contributed by atoms with Crippen LogP contribution in [-0.4, -0.2) is 5.84 Å². The molecule has 2 heterocycles. The zero-order chi connectivity index (χ0) is 31.2. The number of benzene rings is 7. The van der Waals surface area contributed by atoms with Crippen molar-refractivity contribution in [2.45, 2.75) is 12.3 Å². The summed E-state index contributed by atoms with van der Waals surface area (Å²) >= 11 is 0. The monoisotopic (exact) mass is 605 g/mol. The smallest absolute Gasteiger partial charge is 0.143 e. The van der Waals surface area contributed by atoms with Crippen LogP contribution in [0.5, 0.6) is 0 Å². The first-order valence-electron chi connectivity index (χ1n) is 16.0. The SMILES string of the molecule is c1ccc(-c2ccc(-c3ccc(C4NC(c5ccc6ccccc6c5)=NC(c5ccccc5)N4)c4c3oc3ccccc34)cc2)cc1. The molecular weight excluding hydrogens is 574 g/mol. The van der Waals surface area contributed by atoms with E-state index in [9.17, 15) is 0 Å². The second-order valence-corrected chi connectivity index (χ2v) is 12.0. The molecular formula is C43H31N3O. The number of hydrogen-bond acceptors (Lipinski definition) is 4. The van der Waals surface area contributed by atoms with Crippen LogP contribution in [0.4, 0.5) is 0 Å². The number of amidine groups is 1. The van der Waals surface area contributed by atoms with Crippen LogP contribution in [-0.2, 0) is 0 Å². The molecule has 4 heteroatoms. The lowest BCUT2D eigenvalue weighted by Crippen LogP contribution is -2.45. The molecule has 47 heavy (non-hydrogen) atoms. The molecule has 0 amide bonds. The normalized spacial score (nSPS) is 16.3. The van der Waals surface area contributed by atoms with Crippen LogP contribution < -0.4 is 10.6 Å². The summed E-state index contributed by atoms with van der Waals surface area (Å²) in [5, 5.41) is 12.2. The minimum absolute atomic E-state index is 0.225. The van der Waals surface area contributed by atoms with Crippen LogP contribution in [0.2, 0.25) is 0 Å². The Bertz CT molecular complexity index is 2410. The van der Waals surface area contributed by atoms with Gasteiger partial charge in [0.2, 0.25) is 0 Å². The molecule has 0 saturated heterocycles. The van der Waals surface area contributed by atoms with E-state index in [0.29, 0.717) is 0 Å².